The number of amides is 2. The molecule has 2 heterocycles. The smallest absolute Gasteiger partial charge is 0.231 e. The van der Waals surface area contributed by atoms with E-state index in [9.17, 15) is 9.59 Å². The molecule has 30 heavy (non-hydrogen) atoms. The highest BCUT2D eigenvalue weighted by Gasteiger charge is 2.35. The van der Waals surface area contributed by atoms with Gasteiger partial charge in [-0.3, -0.25) is 9.59 Å². The summed E-state index contributed by atoms with van der Waals surface area (Å²) in [5.74, 6) is 1.40. The van der Waals surface area contributed by atoms with Crippen LogP contribution in [0.4, 0.5) is 11.4 Å². The van der Waals surface area contributed by atoms with Crippen molar-refractivity contribution >= 4 is 23.2 Å². The van der Waals surface area contributed by atoms with Crippen molar-refractivity contribution in [2.24, 2.45) is 5.92 Å². The SMILES string of the molecule is O=C(Nc1cccc(OC2CCCC2)c1)C1CC(=O)N(c2ccc3c(c2)OCO3)C1. The second-order valence-electron chi connectivity index (χ2n) is 7.98. The predicted molar refractivity (Wildman–Crippen MR) is 111 cm³/mol. The summed E-state index contributed by atoms with van der Waals surface area (Å²) in [6.45, 7) is 0.518. The molecule has 2 aromatic carbocycles. The van der Waals surface area contributed by atoms with E-state index in [1.807, 2.05) is 30.3 Å². The minimum Gasteiger partial charge on any atom is -0.490 e. The van der Waals surface area contributed by atoms with Gasteiger partial charge >= 0.3 is 0 Å². The Morgan fingerprint density at radius 1 is 1.07 bits per heavy atom. The zero-order valence-electron chi connectivity index (χ0n) is 16.6. The van der Waals surface area contributed by atoms with Gasteiger partial charge < -0.3 is 24.4 Å². The standard InChI is InChI=1S/C23H24N2O5/c26-22-10-15(13-25(22)17-8-9-20-21(12-17)29-14-28-20)23(27)24-16-4-3-7-19(11-16)30-18-5-1-2-6-18/h3-4,7-9,11-12,15,18H,1-2,5-6,10,13-14H2,(H,24,27). The molecule has 1 aliphatic carbocycles. The van der Waals surface area contributed by atoms with Crippen molar-refractivity contribution in [3.05, 3.63) is 42.5 Å². The highest BCUT2D eigenvalue weighted by atomic mass is 16.7. The minimum atomic E-state index is -0.415. The van der Waals surface area contributed by atoms with Crippen LogP contribution in [0.1, 0.15) is 32.1 Å². The second kappa shape index (κ2) is 7.89. The van der Waals surface area contributed by atoms with Gasteiger partial charge in [0.2, 0.25) is 18.6 Å². The summed E-state index contributed by atoms with van der Waals surface area (Å²) in [6, 6.07) is 12.9. The fourth-order valence-electron chi connectivity index (χ4n) is 4.28. The number of hydrogen-bond donors (Lipinski definition) is 1. The molecular weight excluding hydrogens is 384 g/mol. The lowest BCUT2D eigenvalue weighted by atomic mass is 10.1. The van der Waals surface area contributed by atoms with E-state index in [4.69, 9.17) is 14.2 Å². The Labute approximate surface area is 174 Å². The topological polar surface area (TPSA) is 77.1 Å². The van der Waals surface area contributed by atoms with Gasteiger partial charge in [0.25, 0.3) is 0 Å². The van der Waals surface area contributed by atoms with Gasteiger partial charge in [-0.15, -0.1) is 0 Å². The normalized spacial score (nSPS) is 20.6. The molecule has 2 fully saturated rings. The maximum absolute atomic E-state index is 12.8. The Morgan fingerprint density at radius 2 is 1.90 bits per heavy atom. The number of nitrogens with zero attached hydrogens (tertiary/aromatic N) is 1. The van der Waals surface area contributed by atoms with Crippen LogP contribution in [0.5, 0.6) is 17.2 Å². The summed E-state index contributed by atoms with van der Waals surface area (Å²) in [5, 5.41) is 2.94. The summed E-state index contributed by atoms with van der Waals surface area (Å²) < 4.78 is 16.7. The van der Waals surface area contributed by atoms with Crippen molar-refractivity contribution in [3.8, 4) is 17.2 Å². The van der Waals surface area contributed by atoms with E-state index in [0.29, 0.717) is 29.4 Å². The molecule has 0 spiro atoms. The molecule has 2 amide bonds. The second-order valence-corrected chi connectivity index (χ2v) is 7.98. The maximum Gasteiger partial charge on any atom is 0.231 e. The van der Waals surface area contributed by atoms with Crippen LogP contribution in [0.2, 0.25) is 0 Å². The lowest BCUT2D eigenvalue weighted by Gasteiger charge is -2.17. The molecule has 0 radical (unpaired) electrons. The van der Waals surface area contributed by atoms with Gasteiger partial charge in [0, 0.05) is 36.5 Å². The first-order chi connectivity index (χ1) is 14.7. The molecule has 7 nitrogen and oxygen atoms in total. The number of rotatable bonds is 5. The molecule has 1 saturated carbocycles. The van der Waals surface area contributed by atoms with E-state index in [-0.39, 0.29) is 31.1 Å². The number of benzene rings is 2. The maximum atomic E-state index is 12.8. The largest absolute Gasteiger partial charge is 0.490 e. The van der Waals surface area contributed by atoms with Crippen LogP contribution in [-0.2, 0) is 9.59 Å². The molecule has 1 N–H and O–H groups in total. The molecule has 1 atom stereocenters. The van der Waals surface area contributed by atoms with Gasteiger partial charge in [0.15, 0.2) is 11.5 Å². The molecule has 2 aliphatic heterocycles. The van der Waals surface area contributed by atoms with E-state index in [1.54, 1.807) is 17.0 Å². The van der Waals surface area contributed by atoms with E-state index < -0.39 is 5.92 Å². The molecule has 2 aromatic rings. The van der Waals surface area contributed by atoms with Crippen LogP contribution in [0, 0.1) is 5.92 Å². The Morgan fingerprint density at radius 3 is 2.77 bits per heavy atom. The fourth-order valence-corrected chi connectivity index (χ4v) is 4.28. The van der Waals surface area contributed by atoms with Crippen LogP contribution < -0.4 is 24.4 Å². The van der Waals surface area contributed by atoms with E-state index in [2.05, 4.69) is 5.32 Å². The monoisotopic (exact) mass is 408 g/mol. The van der Waals surface area contributed by atoms with Crippen LogP contribution in [0.15, 0.2) is 42.5 Å². The van der Waals surface area contributed by atoms with Crippen molar-refractivity contribution < 1.29 is 23.8 Å². The van der Waals surface area contributed by atoms with E-state index in [1.165, 1.54) is 12.8 Å². The molecule has 3 aliphatic rings. The van der Waals surface area contributed by atoms with Gasteiger partial charge in [-0.25, -0.2) is 0 Å². The fraction of sp³-hybridized carbons (Fsp3) is 0.391. The molecule has 1 saturated heterocycles. The van der Waals surface area contributed by atoms with Crippen molar-refractivity contribution in [1.82, 2.24) is 0 Å². The zero-order valence-corrected chi connectivity index (χ0v) is 16.6. The average Bonchev–Trinajstić information content (AvgIpc) is 3.48. The summed E-state index contributed by atoms with van der Waals surface area (Å²) in [7, 11) is 0. The highest BCUT2D eigenvalue weighted by Crippen LogP contribution is 2.37. The lowest BCUT2D eigenvalue weighted by Crippen LogP contribution is -2.28. The molecule has 1 unspecified atom stereocenters. The molecule has 0 bridgehead atoms. The average molecular weight is 408 g/mol. The summed E-state index contributed by atoms with van der Waals surface area (Å²) in [5.41, 5.74) is 1.40. The zero-order chi connectivity index (χ0) is 20.5. The number of carbonyl (C=O) groups excluding carboxylic acids is 2. The molecule has 5 rings (SSSR count). The molecule has 156 valence electrons. The van der Waals surface area contributed by atoms with Crippen molar-refractivity contribution in [1.29, 1.82) is 0 Å². The Bertz CT molecular complexity index is 970. The van der Waals surface area contributed by atoms with E-state index >= 15 is 0 Å². The Hall–Kier alpha value is -3.22. The van der Waals surface area contributed by atoms with Crippen molar-refractivity contribution in [2.45, 2.75) is 38.2 Å². The third kappa shape index (κ3) is 3.79. The third-order valence-corrected chi connectivity index (χ3v) is 5.87. The highest BCUT2D eigenvalue weighted by molar-refractivity contribution is 6.03. The van der Waals surface area contributed by atoms with Gasteiger partial charge in [-0.05, 0) is 49.9 Å². The number of fused-ring (bicyclic) bond motifs is 1. The number of nitrogens with one attached hydrogen (secondary N) is 1. The number of anilines is 2. The van der Waals surface area contributed by atoms with Gasteiger partial charge in [-0.2, -0.15) is 0 Å². The first-order valence-corrected chi connectivity index (χ1v) is 10.4. The Kier molecular flexibility index (Phi) is 4.94. The van der Waals surface area contributed by atoms with Crippen LogP contribution in [0.3, 0.4) is 0 Å². The number of carbonyl (C=O) groups is 2. The first-order valence-electron chi connectivity index (χ1n) is 10.4. The predicted octanol–water partition coefficient (Wildman–Crippen LogP) is 3.73. The quantitative estimate of drug-likeness (QED) is 0.816. The van der Waals surface area contributed by atoms with Crippen LogP contribution in [-0.4, -0.2) is 31.3 Å². The molecular formula is C23H24N2O5. The molecule has 7 heteroatoms. The van der Waals surface area contributed by atoms with Gasteiger partial charge in [-0.1, -0.05) is 6.07 Å². The van der Waals surface area contributed by atoms with Crippen LogP contribution in [0.25, 0.3) is 0 Å². The number of hydrogen-bond acceptors (Lipinski definition) is 5. The summed E-state index contributed by atoms with van der Waals surface area (Å²) in [4.78, 5) is 27.0. The van der Waals surface area contributed by atoms with Crippen LogP contribution >= 0.6 is 0 Å². The van der Waals surface area contributed by atoms with Crippen molar-refractivity contribution in [3.63, 3.8) is 0 Å². The summed E-state index contributed by atoms with van der Waals surface area (Å²) >= 11 is 0. The minimum absolute atomic E-state index is 0.0765. The lowest BCUT2D eigenvalue weighted by molar-refractivity contribution is -0.122. The number of ether oxygens (including phenoxy) is 3. The van der Waals surface area contributed by atoms with Crippen molar-refractivity contribution in [2.75, 3.05) is 23.6 Å². The summed E-state index contributed by atoms with van der Waals surface area (Å²) in [6.07, 6.45) is 5.01. The molecule has 0 aromatic heterocycles. The Balaban J connectivity index is 1.23. The van der Waals surface area contributed by atoms with E-state index in [0.717, 1.165) is 18.6 Å². The third-order valence-electron chi connectivity index (χ3n) is 5.87. The van der Waals surface area contributed by atoms with Gasteiger partial charge in [0.1, 0.15) is 5.75 Å². The van der Waals surface area contributed by atoms with Gasteiger partial charge in [0.05, 0.1) is 12.0 Å². The first kappa shape index (κ1) is 18.8.